The molecule has 0 fully saturated rings. The fourth-order valence-corrected chi connectivity index (χ4v) is 3.70. The highest BCUT2D eigenvalue weighted by atomic mass is 32.2. The van der Waals surface area contributed by atoms with Crippen LogP contribution < -0.4 is 15.8 Å². The minimum atomic E-state index is -3.73. The van der Waals surface area contributed by atoms with Crippen molar-refractivity contribution in [3.63, 3.8) is 0 Å². The van der Waals surface area contributed by atoms with Crippen LogP contribution in [0.15, 0.2) is 53.4 Å². The minimum Gasteiger partial charge on any atom is -0.337 e. The maximum Gasteiger partial charge on any atom is 0.319 e. The van der Waals surface area contributed by atoms with Crippen molar-refractivity contribution >= 4 is 21.7 Å². The van der Waals surface area contributed by atoms with Crippen LogP contribution in [-0.4, -0.2) is 21.0 Å². The number of fused-ring (bicyclic) bond motifs is 1. The smallest absolute Gasteiger partial charge is 0.319 e. The van der Waals surface area contributed by atoms with Crippen molar-refractivity contribution in [1.82, 2.24) is 5.32 Å². The van der Waals surface area contributed by atoms with E-state index in [1.54, 1.807) is 0 Å². The fraction of sp³-hybridized carbons (Fsp3) is 0.278. The zero-order valence-electron chi connectivity index (χ0n) is 13.7. The third-order valence-corrected chi connectivity index (χ3v) is 5.37. The van der Waals surface area contributed by atoms with Gasteiger partial charge < -0.3 is 10.6 Å². The summed E-state index contributed by atoms with van der Waals surface area (Å²) in [5.74, 6) is 0.320. The lowest BCUT2D eigenvalue weighted by atomic mass is 9.83. The fourth-order valence-electron chi connectivity index (χ4n) is 3.19. The van der Waals surface area contributed by atoms with E-state index in [0.717, 1.165) is 19.3 Å². The van der Waals surface area contributed by atoms with Gasteiger partial charge in [0.15, 0.2) is 0 Å². The number of carbonyl (C=O) groups excluding carboxylic acids is 1. The molecular weight excluding hydrogens is 338 g/mol. The maximum absolute atomic E-state index is 12.1. The number of urea groups is 1. The van der Waals surface area contributed by atoms with Crippen LogP contribution >= 0.6 is 0 Å². The number of aryl methyl sites for hydroxylation is 1. The van der Waals surface area contributed by atoms with E-state index < -0.39 is 10.0 Å². The predicted molar refractivity (Wildman–Crippen MR) is 97.0 cm³/mol. The lowest BCUT2D eigenvalue weighted by Crippen LogP contribution is -2.33. The molecule has 1 aliphatic rings. The van der Waals surface area contributed by atoms with E-state index in [-0.39, 0.29) is 10.9 Å². The second-order valence-electron chi connectivity index (χ2n) is 6.19. The molecule has 2 aromatic rings. The van der Waals surface area contributed by atoms with Crippen LogP contribution in [0.25, 0.3) is 0 Å². The first-order chi connectivity index (χ1) is 11.9. The van der Waals surface area contributed by atoms with Gasteiger partial charge >= 0.3 is 6.03 Å². The second kappa shape index (κ2) is 7.25. The number of hydrogen-bond acceptors (Lipinski definition) is 3. The van der Waals surface area contributed by atoms with Crippen LogP contribution in [0, 0.1) is 0 Å². The molecule has 0 saturated heterocycles. The van der Waals surface area contributed by atoms with Gasteiger partial charge in [0.2, 0.25) is 10.0 Å². The number of hydrogen-bond donors (Lipinski definition) is 3. The van der Waals surface area contributed by atoms with Crippen molar-refractivity contribution in [2.24, 2.45) is 5.14 Å². The van der Waals surface area contributed by atoms with Gasteiger partial charge in [-0.3, -0.25) is 0 Å². The van der Waals surface area contributed by atoms with E-state index >= 15 is 0 Å². The van der Waals surface area contributed by atoms with Crippen molar-refractivity contribution in [2.45, 2.75) is 30.1 Å². The molecule has 0 radical (unpaired) electrons. The SMILES string of the molecule is NS(=O)(=O)c1ccc(NC(=O)NCC2CCCc3ccccc32)cc1. The molecule has 2 aromatic carbocycles. The average Bonchev–Trinajstić information content (AvgIpc) is 2.59. The molecule has 0 spiro atoms. The topological polar surface area (TPSA) is 101 Å². The third kappa shape index (κ3) is 4.37. The highest BCUT2D eigenvalue weighted by molar-refractivity contribution is 7.89. The minimum absolute atomic E-state index is 0.0114. The summed E-state index contributed by atoms with van der Waals surface area (Å²) in [5, 5.41) is 10.6. The summed E-state index contributed by atoms with van der Waals surface area (Å²) in [7, 11) is -3.73. The first-order valence-electron chi connectivity index (χ1n) is 8.19. The van der Waals surface area contributed by atoms with E-state index in [0.29, 0.717) is 18.2 Å². The molecule has 4 N–H and O–H groups in total. The molecule has 132 valence electrons. The Hall–Kier alpha value is -2.38. The van der Waals surface area contributed by atoms with Crippen molar-refractivity contribution in [2.75, 3.05) is 11.9 Å². The van der Waals surface area contributed by atoms with Gasteiger partial charge in [0.1, 0.15) is 0 Å². The van der Waals surface area contributed by atoms with Gasteiger partial charge in [-0.15, -0.1) is 0 Å². The van der Waals surface area contributed by atoms with Crippen molar-refractivity contribution < 1.29 is 13.2 Å². The van der Waals surface area contributed by atoms with Gasteiger partial charge in [0, 0.05) is 18.2 Å². The summed E-state index contributed by atoms with van der Waals surface area (Å²) in [6, 6.07) is 13.8. The Labute approximate surface area is 147 Å². The molecule has 0 bridgehead atoms. The molecule has 0 aliphatic heterocycles. The van der Waals surface area contributed by atoms with E-state index in [1.807, 2.05) is 12.1 Å². The number of nitrogens with two attached hydrogens (primary N) is 1. The summed E-state index contributed by atoms with van der Waals surface area (Å²) in [4.78, 5) is 12.1. The maximum atomic E-state index is 12.1. The standard InChI is InChI=1S/C18H21N3O3S/c19-25(23,24)16-10-8-15(9-11-16)21-18(22)20-12-14-6-3-5-13-4-1-2-7-17(13)14/h1-2,4,7-11,14H,3,5-6,12H2,(H2,19,23,24)(H2,20,21,22). The van der Waals surface area contributed by atoms with Gasteiger partial charge in [-0.2, -0.15) is 0 Å². The monoisotopic (exact) mass is 359 g/mol. The third-order valence-electron chi connectivity index (χ3n) is 4.44. The molecule has 2 amide bonds. The quantitative estimate of drug-likeness (QED) is 0.782. The highest BCUT2D eigenvalue weighted by Gasteiger charge is 2.20. The summed E-state index contributed by atoms with van der Waals surface area (Å²) in [6.07, 6.45) is 3.27. The van der Waals surface area contributed by atoms with Gasteiger partial charge in [-0.1, -0.05) is 24.3 Å². The number of nitrogens with one attached hydrogen (secondary N) is 2. The second-order valence-corrected chi connectivity index (χ2v) is 7.75. The summed E-state index contributed by atoms with van der Waals surface area (Å²) in [6.45, 7) is 0.568. The summed E-state index contributed by atoms with van der Waals surface area (Å²) >= 11 is 0. The predicted octanol–water partition coefficient (Wildman–Crippen LogP) is 2.58. The molecule has 1 aliphatic carbocycles. The van der Waals surface area contributed by atoms with E-state index in [4.69, 9.17) is 5.14 Å². The van der Waals surface area contributed by atoms with Crippen LogP contribution in [0.5, 0.6) is 0 Å². The molecule has 0 saturated carbocycles. The number of benzene rings is 2. The number of carbonyl (C=O) groups is 1. The first-order valence-corrected chi connectivity index (χ1v) is 9.73. The summed E-state index contributed by atoms with van der Waals surface area (Å²) in [5.41, 5.74) is 3.18. The van der Waals surface area contributed by atoms with Gasteiger partial charge in [-0.05, 0) is 54.7 Å². The van der Waals surface area contributed by atoms with Crippen LogP contribution in [0.4, 0.5) is 10.5 Å². The van der Waals surface area contributed by atoms with Crippen molar-refractivity contribution in [3.8, 4) is 0 Å². The Bertz CT molecular complexity index is 863. The molecule has 3 rings (SSSR count). The number of anilines is 1. The zero-order valence-corrected chi connectivity index (χ0v) is 14.6. The molecule has 25 heavy (non-hydrogen) atoms. The van der Waals surface area contributed by atoms with E-state index in [9.17, 15) is 13.2 Å². The van der Waals surface area contributed by atoms with Crippen LogP contribution in [0.2, 0.25) is 0 Å². The number of sulfonamides is 1. The molecular formula is C18H21N3O3S. The van der Waals surface area contributed by atoms with Gasteiger partial charge in [0.25, 0.3) is 0 Å². The van der Waals surface area contributed by atoms with E-state index in [1.165, 1.54) is 35.4 Å². The van der Waals surface area contributed by atoms with Crippen LogP contribution in [0.1, 0.15) is 29.9 Å². The molecule has 0 heterocycles. The Morgan fingerprint density at radius 2 is 1.84 bits per heavy atom. The normalized spacial score (nSPS) is 16.8. The van der Waals surface area contributed by atoms with Gasteiger partial charge in [0.05, 0.1) is 4.90 Å². The molecule has 1 atom stereocenters. The highest BCUT2D eigenvalue weighted by Crippen LogP contribution is 2.30. The van der Waals surface area contributed by atoms with Crippen LogP contribution in [0.3, 0.4) is 0 Å². The Kier molecular flexibility index (Phi) is 5.06. The Morgan fingerprint density at radius 1 is 1.12 bits per heavy atom. The zero-order chi connectivity index (χ0) is 17.9. The number of amides is 2. The summed E-state index contributed by atoms with van der Waals surface area (Å²) < 4.78 is 22.4. The Morgan fingerprint density at radius 3 is 2.56 bits per heavy atom. The molecule has 1 unspecified atom stereocenters. The number of primary sulfonamides is 1. The van der Waals surface area contributed by atoms with Crippen LogP contribution in [-0.2, 0) is 16.4 Å². The lowest BCUT2D eigenvalue weighted by Gasteiger charge is -2.25. The molecule has 6 nitrogen and oxygen atoms in total. The number of rotatable bonds is 4. The Balaban J connectivity index is 1.57. The van der Waals surface area contributed by atoms with Gasteiger partial charge in [-0.25, -0.2) is 18.4 Å². The van der Waals surface area contributed by atoms with Crippen molar-refractivity contribution in [3.05, 3.63) is 59.7 Å². The lowest BCUT2D eigenvalue weighted by molar-refractivity contribution is 0.251. The molecule has 7 heteroatoms. The van der Waals surface area contributed by atoms with E-state index in [2.05, 4.69) is 22.8 Å². The van der Waals surface area contributed by atoms with Crippen molar-refractivity contribution in [1.29, 1.82) is 0 Å². The molecule has 0 aromatic heterocycles. The average molecular weight is 359 g/mol. The first kappa shape index (κ1) is 17.4. The largest absolute Gasteiger partial charge is 0.337 e.